The molecular formula is C21H36O2. The van der Waals surface area contributed by atoms with E-state index >= 15 is 0 Å². The van der Waals surface area contributed by atoms with Crippen LogP contribution in [0, 0.1) is 40.4 Å². The summed E-state index contributed by atoms with van der Waals surface area (Å²) in [7, 11) is 0. The summed E-state index contributed by atoms with van der Waals surface area (Å²) in [5.41, 5.74) is 0.860. The first-order valence-corrected chi connectivity index (χ1v) is 10.2. The zero-order valence-corrected chi connectivity index (χ0v) is 15.3. The number of hydrogen-bond acceptors (Lipinski definition) is 2. The van der Waals surface area contributed by atoms with E-state index in [1.165, 1.54) is 44.9 Å². The summed E-state index contributed by atoms with van der Waals surface area (Å²) >= 11 is 0. The van der Waals surface area contributed by atoms with E-state index in [-0.39, 0.29) is 12.2 Å². The fourth-order valence-corrected chi connectivity index (χ4v) is 8.07. The normalized spacial score (nSPS) is 57.3. The van der Waals surface area contributed by atoms with Gasteiger partial charge in [-0.1, -0.05) is 13.8 Å². The Hall–Kier alpha value is -0.0800. The quantitative estimate of drug-likeness (QED) is 0.752. The lowest BCUT2D eigenvalue weighted by atomic mass is 9.44. The average Bonchev–Trinajstić information content (AvgIpc) is 2.85. The molecule has 4 aliphatic carbocycles. The molecule has 0 amide bonds. The topological polar surface area (TPSA) is 40.5 Å². The van der Waals surface area contributed by atoms with Gasteiger partial charge in [0.05, 0.1) is 12.2 Å². The highest BCUT2D eigenvalue weighted by Crippen LogP contribution is 2.67. The fourth-order valence-electron chi connectivity index (χ4n) is 8.07. The van der Waals surface area contributed by atoms with Crippen molar-refractivity contribution in [1.82, 2.24) is 0 Å². The molecule has 23 heavy (non-hydrogen) atoms. The predicted molar refractivity (Wildman–Crippen MR) is 92.9 cm³/mol. The molecule has 0 bridgehead atoms. The number of fused-ring (bicyclic) bond motifs is 5. The van der Waals surface area contributed by atoms with Gasteiger partial charge in [0.25, 0.3) is 0 Å². The molecule has 2 heteroatoms. The molecule has 9 atom stereocenters. The minimum atomic E-state index is -0.140. The van der Waals surface area contributed by atoms with E-state index in [4.69, 9.17) is 0 Å². The Morgan fingerprint density at radius 1 is 0.870 bits per heavy atom. The molecular weight excluding hydrogens is 284 g/mol. The predicted octanol–water partition coefficient (Wildman–Crippen LogP) is 4.39. The third-order valence-electron chi connectivity index (χ3n) is 9.29. The van der Waals surface area contributed by atoms with Crippen LogP contribution in [0.1, 0.15) is 78.6 Å². The minimum Gasteiger partial charge on any atom is -0.393 e. The first-order valence-electron chi connectivity index (χ1n) is 10.2. The molecule has 0 aliphatic heterocycles. The lowest BCUT2D eigenvalue weighted by Gasteiger charge is -2.61. The third kappa shape index (κ3) is 2.27. The minimum absolute atomic E-state index is 0.0374. The highest BCUT2D eigenvalue weighted by molar-refractivity contribution is 5.09. The number of aliphatic hydroxyl groups excluding tert-OH is 2. The van der Waals surface area contributed by atoms with Gasteiger partial charge in [-0.3, -0.25) is 0 Å². The molecule has 4 aliphatic rings. The molecule has 0 spiro atoms. The average molecular weight is 321 g/mol. The van der Waals surface area contributed by atoms with E-state index in [1.807, 2.05) is 6.92 Å². The summed E-state index contributed by atoms with van der Waals surface area (Å²) in [6.07, 6.45) is 11.1. The van der Waals surface area contributed by atoms with Crippen molar-refractivity contribution in [3.63, 3.8) is 0 Å². The molecule has 132 valence electrons. The van der Waals surface area contributed by atoms with Gasteiger partial charge in [0.1, 0.15) is 0 Å². The fraction of sp³-hybridized carbons (Fsp3) is 1.00. The monoisotopic (exact) mass is 320 g/mol. The van der Waals surface area contributed by atoms with E-state index in [9.17, 15) is 10.2 Å². The lowest BCUT2D eigenvalue weighted by molar-refractivity contribution is -0.132. The molecule has 0 aromatic heterocycles. The van der Waals surface area contributed by atoms with E-state index in [2.05, 4.69) is 13.8 Å². The summed E-state index contributed by atoms with van der Waals surface area (Å²) in [6, 6.07) is 0. The van der Waals surface area contributed by atoms with Gasteiger partial charge in [0, 0.05) is 0 Å². The Kier molecular flexibility index (Phi) is 3.89. The van der Waals surface area contributed by atoms with Crippen molar-refractivity contribution in [2.45, 2.75) is 90.8 Å². The Morgan fingerprint density at radius 3 is 2.30 bits per heavy atom. The SMILES string of the molecule is C[C@@H](O)C1CC[C@H]2[C@@H]3CC[C@@H]4C[C@H](O)CC[C@]4(C)[C@H]3CC[C@]12C. The molecule has 4 rings (SSSR count). The molecule has 4 fully saturated rings. The van der Waals surface area contributed by atoms with E-state index in [0.717, 1.165) is 36.5 Å². The van der Waals surface area contributed by atoms with Crippen molar-refractivity contribution < 1.29 is 10.2 Å². The van der Waals surface area contributed by atoms with Gasteiger partial charge in [-0.2, -0.15) is 0 Å². The van der Waals surface area contributed by atoms with Gasteiger partial charge in [-0.15, -0.1) is 0 Å². The standard InChI is InChI=1S/C21H36O2/c1-13(22)17-6-7-18-16-5-4-14-12-15(23)8-10-20(14,2)19(16)9-11-21(17,18)3/h13-19,22-23H,4-12H2,1-3H3/t13-,14-,15-,16+,17?,18+,19+,20+,21-/m1/s1. The highest BCUT2D eigenvalue weighted by Gasteiger charge is 2.60. The second kappa shape index (κ2) is 5.46. The molecule has 2 N–H and O–H groups in total. The molecule has 0 heterocycles. The summed E-state index contributed by atoms with van der Waals surface area (Å²) in [6.45, 7) is 7.08. The third-order valence-corrected chi connectivity index (χ3v) is 9.29. The van der Waals surface area contributed by atoms with Crippen LogP contribution in [0.4, 0.5) is 0 Å². The van der Waals surface area contributed by atoms with Crippen molar-refractivity contribution in [2.75, 3.05) is 0 Å². The van der Waals surface area contributed by atoms with Crippen molar-refractivity contribution in [3.05, 3.63) is 0 Å². The molecule has 0 aromatic carbocycles. The summed E-state index contributed by atoms with van der Waals surface area (Å²) < 4.78 is 0. The van der Waals surface area contributed by atoms with Gasteiger partial charge in [-0.05, 0) is 105 Å². The van der Waals surface area contributed by atoms with Crippen molar-refractivity contribution in [2.24, 2.45) is 40.4 Å². The molecule has 0 radical (unpaired) electrons. The number of rotatable bonds is 1. The smallest absolute Gasteiger partial charge is 0.0545 e. The van der Waals surface area contributed by atoms with E-state index in [0.29, 0.717) is 16.7 Å². The summed E-state index contributed by atoms with van der Waals surface area (Å²) in [5.74, 6) is 3.87. The zero-order valence-electron chi connectivity index (χ0n) is 15.3. The van der Waals surface area contributed by atoms with Gasteiger partial charge < -0.3 is 10.2 Å². The number of aliphatic hydroxyl groups is 2. The highest BCUT2D eigenvalue weighted by atomic mass is 16.3. The Bertz CT molecular complexity index is 461. The maximum Gasteiger partial charge on any atom is 0.0545 e. The van der Waals surface area contributed by atoms with Crippen LogP contribution >= 0.6 is 0 Å². The largest absolute Gasteiger partial charge is 0.393 e. The molecule has 0 aromatic rings. The van der Waals surface area contributed by atoms with Crippen LogP contribution in [0.5, 0.6) is 0 Å². The van der Waals surface area contributed by atoms with Gasteiger partial charge in [-0.25, -0.2) is 0 Å². The summed E-state index contributed by atoms with van der Waals surface area (Å²) in [5, 5.41) is 20.4. The first-order chi connectivity index (χ1) is 10.9. The van der Waals surface area contributed by atoms with Crippen LogP contribution in [0.25, 0.3) is 0 Å². The van der Waals surface area contributed by atoms with E-state index < -0.39 is 0 Å². The molecule has 0 saturated heterocycles. The lowest BCUT2D eigenvalue weighted by Crippen LogP contribution is -2.54. The van der Waals surface area contributed by atoms with Crippen molar-refractivity contribution >= 4 is 0 Å². The van der Waals surface area contributed by atoms with Gasteiger partial charge in [0.15, 0.2) is 0 Å². The van der Waals surface area contributed by atoms with Crippen LogP contribution in [0.15, 0.2) is 0 Å². The maximum absolute atomic E-state index is 10.3. The van der Waals surface area contributed by atoms with Crippen LogP contribution in [0.2, 0.25) is 0 Å². The summed E-state index contributed by atoms with van der Waals surface area (Å²) in [4.78, 5) is 0. The van der Waals surface area contributed by atoms with Crippen LogP contribution in [-0.2, 0) is 0 Å². The molecule has 4 saturated carbocycles. The van der Waals surface area contributed by atoms with Crippen LogP contribution in [-0.4, -0.2) is 22.4 Å². The van der Waals surface area contributed by atoms with Crippen LogP contribution < -0.4 is 0 Å². The Labute approximate surface area is 142 Å². The van der Waals surface area contributed by atoms with Gasteiger partial charge >= 0.3 is 0 Å². The number of hydrogen-bond donors (Lipinski definition) is 2. The molecule has 1 unspecified atom stereocenters. The molecule has 2 nitrogen and oxygen atoms in total. The van der Waals surface area contributed by atoms with Crippen LogP contribution in [0.3, 0.4) is 0 Å². The zero-order chi connectivity index (χ0) is 16.4. The van der Waals surface area contributed by atoms with Crippen molar-refractivity contribution in [1.29, 1.82) is 0 Å². The van der Waals surface area contributed by atoms with Gasteiger partial charge in [0.2, 0.25) is 0 Å². The Balaban J connectivity index is 1.60. The second-order valence-corrected chi connectivity index (χ2v) is 10.1. The first kappa shape index (κ1) is 16.4. The Morgan fingerprint density at radius 2 is 1.57 bits per heavy atom. The van der Waals surface area contributed by atoms with Crippen molar-refractivity contribution in [3.8, 4) is 0 Å². The second-order valence-electron chi connectivity index (χ2n) is 10.1. The maximum atomic E-state index is 10.3. The van der Waals surface area contributed by atoms with E-state index in [1.54, 1.807) is 0 Å².